The second kappa shape index (κ2) is 3.59. The molecule has 14 heavy (non-hydrogen) atoms. The molecule has 0 spiro atoms. The van der Waals surface area contributed by atoms with Crippen LogP contribution in [0.5, 0.6) is 0 Å². The maximum Gasteiger partial charge on any atom is 0.223 e. The molecular formula is C9H7ClN4. The van der Waals surface area contributed by atoms with Crippen molar-refractivity contribution in [3.8, 4) is 11.4 Å². The van der Waals surface area contributed by atoms with E-state index < -0.39 is 0 Å². The minimum absolute atomic E-state index is 0.204. The summed E-state index contributed by atoms with van der Waals surface area (Å²) < 4.78 is 0. The summed E-state index contributed by atoms with van der Waals surface area (Å²) in [6.45, 7) is 0. The monoisotopic (exact) mass is 206 g/mol. The third-order valence-electron chi connectivity index (χ3n) is 1.67. The first kappa shape index (κ1) is 8.90. The largest absolute Gasteiger partial charge is 0.368 e. The molecule has 2 aromatic rings. The van der Waals surface area contributed by atoms with Gasteiger partial charge in [0.2, 0.25) is 5.95 Å². The Hall–Kier alpha value is -1.68. The summed E-state index contributed by atoms with van der Waals surface area (Å²) in [7, 11) is 0. The molecule has 0 saturated carbocycles. The van der Waals surface area contributed by atoms with Crippen LogP contribution in [0.15, 0.2) is 30.6 Å². The fraction of sp³-hybridized carbons (Fsp3) is 0. The highest BCUT2D eigenvalue weighted by Gasteiger charge is 2.01. The molecule has 0 aliphatic heterocycles. The predicted molar refractivity (Wildman–Crippen MR) is 54.7 cm³/mol. The minimum Gasteiger partial charge on any atom is -0.368 e. The van der Waals surface area contributed by atoms with Gasteiger partial charge in [-0.2, -0.15) is 4.98 Å². The molecule has 2 rings (SSSR count). The topological polar surface area (TPSA) is 64.7 Å². The second-order valence-electron chi connectivity index (χ2n) is 2.68. The van der Waals surface area contributed by atoms with Crippen LogP contribution < -0.4 is 5.73 Å². The standard InChI is InChI=1S/C9H7ClN4/c10-7-3-1-2-6(4-7)8-12-5-13-9(11)14-8/h1-5H,(H2,11,12,13,14). The summed E-state index contributed by atoms with van der Waals surface area (Å²) in [6.07, 6.45) is 1.37. The smallest absolute Gasteiger partial charge is 0.223 e. The molecule has 0 saturated heterocycles. The van der Waals surface area contributed by atoms with Gasteiger partial charge in [-0.15, -0.1) is 0 Å². The number of anilines is 1. The third-order valence-corrected chi connectivity index (χ3v) is 1.91. The van der Waals surface area contributed by atoms with E-state index in [4.69, 9.17) is 17.3 Å². The molecule has 2 N–H and O–H groups in total. The normalized spacial score (nSPS) is 10.1. The van der Waals surface area contributed by atoms with Gasteiger partial charge in [0.05, 0.1) is 0 Å². The average molecular weight is 207 g/mol. The van der Waals surface area contributed by atoms with Crippen LogP contribution >= 0.6 is 11.6 Å². The van der Waals surface area contributed by atoms with E-state index >= 15 is 0 Å². The van der Waals surface area contributed by atoms with E-state index in [-0.39, 0.29) is 5.95 Å². The van der Waals surface area contributed by atoms with E-state index in [1.165, 1.54) is 6.33 Å². The lowest BCUT2D eigenvalue weighted by atomic mass is 10.2. The molecule has 4 nitrogen and oxygen atoms in total. The Bertz CT molecular complexity index is 415. The summed E-state index contributed by atoms with van der Waals surface area (Å²) in [6, 6.07) is 7.25. The van der Waals surface area contributed by atoms with Crippen LogP contribution in [0, 0.1) is 0 Å². The third kappa shape index (κ3) is 1.80. The summed E-state index contributed by atoms with van der Waals surface area (Å²) in [5, 5.41) is 0.640. The number of halogens is 1. The summed E-state index contributed by atoms with van der Waals surface area (Å²) in [5.41, 5.74) is 6.26. The van der Waals surface area contributed by atoms with Crippen molar-refractivity contribution in [3.63, 3.8) is 0 Å². The maximum absolute atomic E-state index is 5.83. The predicted octanol–water partition coefficient (Wildman–Crippen LogP) is 1.77. The Morgan fingerprint density at radius 3 is 2.79 bits per heavy atom. The lowest BCUT2D eigenvalue weighted by Gasteiger charge is -1.99. The van der Waals surface area contributed by atoms with E-state index in [0.29, 0.717) is 10.8 Å². The average Bonchev–Trinajstić information content (AvgIpc) is 2.18. The summed E-state index contributed by atoms with van der Waals surface area (Å²) >= 11 is 5.83. The molecule has 0 fully saturated rings. The molecule has 70 valence electrons. The number of aromatic nitrogens is 3. The van der Waals surface area contributed by atoms with Crippen molar-refractivity contribution in [3.05, 3.63) is 35.6 Å². The van der Waals surface area contributed by atoms with E-state index in [9.17, 15) is 0 Å². The molecule has 0 aliphatic carbocycles. The first-order valence-electron chi connectivity index (χ1n) is 3.96. The second-order valence-corrected chi connectivity index (χ2v) is 3.11. The number of nitrogen functional groups attached to an aromatic ring is 1. The van der Waals surface area contributed by atoms with Crippen LogP contribution in [0.2, 0.25) is 5.02 Å². The quantitative estimate of drug-likeness (QED) is 0.773. The highest BCUT2D eigenvalue weighted by molar-refractivity contribution is 6.30. The summed E-state index contributed by atoms with van der Waals surface area (Å²) in [4.78, 5) is 11.7. The van der Waals surface area contributed by atoms with Gasteiger partial charge in [-0.25, -0.2) is 9.97 Å². The highest BCUT2D eigenvalue weighted by atomic mass is 35.5. The Labute approximate surface area is 85.8 Å². The van der Waals surface area contributed by atoms with Gasteiger partial charge in [0.25, 0.3) is 0 Å². The van der Waals surface area contributed by atoms with Crippen molar-refractivity contribution in [2.24, 2.45) is 0 Å². The molecule has 0 atom stereocenters. The number of benzene rings is 1. The fourth-order valence-electron chi connectivity index (χ4n) is 1.08. The van der Waals surface area contributed by atoms with Gasteiger partial charge >= 0.3 is 0 Å². The molecule has 0 amide bonds. The van der Waals surface area contributed by atoms with Crippen molar-refractivity contribution < 1.29 is 0 Å². The van der Waals surface area contributed by atoms with Gasteiger partial charge in [0.15, 0.2) is 5.82 Å². The van der Waals surface area contributed by atoms with E-state index in [1.807, 2.05) is 12.1 Å². The first-order chi connectivity index (χ1) is 6.75. The molecular weight excluding hydrogens is 200 g/mol. The van der Waals surface area contributed by atoms with Crippen molar-refractivity contribution in [1.29, 1.82) is 0 Å². The molecule has 0 bridgehead atoms. The van der Waals surface area contributed by atoms with Gasteiger partial charge in [0.1, 0.15) is 6.33 Å². The number of hydrogen-bond acceptors (Lipinski definition) is 4. The van der Waals surface area contributed by atoms with Gasteiger partial charge in [-0.3, -0.25) is 0 Å². The first-order valence-corrected chi connectivity index (χ1v) is 4.34. The van der Waals surface area contributed by atoms with Gasteiger partial charge in [-0.1, -0.05) is 23.7 Å². The molecule has 1 aromatic carbocycles. The Balaban J connectivity index is 2.49. The maximum atomic E-state index is 5.83. The van der Waals surface area contributed by atoms with Crippen LogP contribution in [0.25, 0.3) is 11.4 Å². The van der Waals surface area contributed by atoms with Crippen molar-refractivity contribution >= 4 is 17.5 Å². The van der Waals surface area contributed by atoms with E-state index in [1.54, 1.807) is 12.1 Å². The van der Waals surface area contributed by atoms with E-state index in [2.05, 4.69) is 15.0 Å². The number of rotatable bonds is 1. The highest BCUT2D eigenvalue weighted by Crippen LogP contribution is 2.18. The number of nitrogens with two attached hydrogens (primary N) is 1. The Morgan fingerprint density at radius 1 is 1.21 bits per heavy atom. The Morgan fingerprint density at radius 2 is 2.07 bits per heavy atom. The van der Waals surface area contributed by atoms with E-state index in [0.717, 1.165) is 5.56 Å². The lowest BCUT2D eigenvalue weighted by Crippen LogP contribution is -1.97. The van der Waals surface area contributed by atoms with Crippen LogP contribution in [0.4, 0.5) is 5.95 Å². The molecule has 0 aliphatic rings. The van der Waals surface area contributed by atoms with Crippen molar-refractivity contribution in [1.82, 2.24) is 15.0 Å². The number of nitrogens with zero attached hydrogens (tertiary/aromatic N) is 3. The SMILES string of the molecule is Nc1ncnc(-c2cccc(Cl)c2)n1. The Kier molecular flexibility index (Phi) is 2.28. The zero-order chi connectivity index (χ0) is 9.97. The van der Waals surface area contributed by atoms with Gasteiger partial charge in [-0.05, 0) is 12.1 Å². The van der Waals surface area contributed by atoms with Crippen molar-refractivity contribution in [2.75, 3.05) is 5.73 Å². The molecule has 0 radical (unpaired) electrons. The minimum atomic E-state index is 0.204. The van der Waals surface area contributed by atoms with Crippen LogP contribution in [-0.2, 0) is 0 Å². The molecule has 1 aromatic heterocycles. The molecule has 0 unspecified atom stereocenters. The lowest BCUT2D eigenvalue weighted by molar-refractivity contribution is 1.07. The molecule has 5 heteroatoms. The summed E-state index contributed by atoms with van der Waals surface area (Å²) in [5.74, 6) is 0.731. The van der Waals surface area contributed by atoms with Gasteiger partial charge < -0.3 is 5.73 Å². The fourth-order valence-corrected chi connectivity index (χ4v) is 1.27. The van der Waals surface area contributed by atoms with Crippen LogP contribution in [0.1, 0.15) is 0 Å². The zero-order valence-electron chi connectivity index (χ0n) is 7.18. The van der Waals surface area contributed by atoms with Crippen molar-refractivity contribution in [2.45, 2.75) is 0 Å². The van der Waals surface area contributed by atoms with Crippen LogP contribution in [-0.4, -0.2) is 15.0 Å². The zero-order valence-corrected chi connectivity index (χ0v) is 7.94. The number of hydrogen-bond donors (Lipinski definition) is 1. The molecule has 1 heterocycles. The van der Waals surface area contributed by atoms with Crippen LogP contribution in [0.3, 0.4) is 0 Å². The van der Waals surface area contributed by atoms with Gasteiger partial charge in [0, 0.05) is 10.6 Å².